The highest BCUT2D eigenvalue weighted by Gasteiger charge is 2.07. The molecule has 5 nitrogen and oxygen atoms in total. The van der Waals surface area contributed by atoms with Crippen LogP contribution in [-0.2, 0) is 10.0 Å². The van der Waals surface area contributed by atoms with Crippen LogP contribution in [0.3, 0.4) is 0 Å². The Labute approximate surface area is 161 Å². The van der Waals surface area contributed by atoms with Crippen molar-refractivity contribution < 1.29 is 17.9 Å². The molecule has 144 valence electrons. The van der Waals surface area contributed by atoms with Crippen molar-refractivity contribution in [3.63, 3.8) is 0 Å². The number of benzene rings is 2. The second-order valence-corrected chi connectivity index (χ2v) is 8.06. The van der Waals surface area contributed by atoms with Gasteiger partial charge in [-0.05, 0) is 61.4 Å². The summed E-state index contributed by atoms with van der Waals surface area (Å²) in [5.41, 5.74) is 1.83. The minimum Gasteiger partial charge on any atom is -0.494 e. The molecule has 0 fully saturated rings. The van der Waals surface area contributed by atoms with Crippen LogP contribution in [0.1, 0.15) is 42.6 Å². The molecule has 1 N–H and O–H groups in total. The maximum atomic E-state index is 12.3. The number of ether oxygens (including phenoxy) is 1. The molecule has 0 bridgehead atoms. The standard InChI is InChI=1S/C21H25NO4S/c1-3-5-16-26-20-13-6-17(7-14-20)8-15-21(23)18-9-11-19(12-10-18)22-27(24,25)4-2/h6-15,22H,3-5,16H2,1-2H3/b15-8+. The molecule has 27 heavy (non-hydrogen) atoms. The summed E-state index contributed by atoms with van der Waals surface area (Å²) < 4.78 is 31.1. The smallest absolute Gasteiger partial charge is 0.232 e. The van der Waals surface area contributed by atoms with Gasteiger partial charge in [-0.2, -0.15) is 0 Å². The van der Waals surface area contributed by atoms with Crippen LogP contribution in [-0.4, -0.2) is 26.6 Å². The molecule has 0 aliphatic heterocycles. The molecule has 0 aliphatic rings. The normalized spacial score (nSPS) is 11.5. The van der Waals surface area contributed by atoms with Crippen LogP contribution in [0.15, 0.2) is 54.6 Å². The van der Waals surface area contributed by atoms with E-state index in [4.69, 9.17) is 4.74 Å². The van der Waals surface area contributed by atoms with Gasteiger partial charge in [0.1, 0.15) is 5.75 Å². The number of sulfonamides is 1. The van der Waals surface area contributed by atoms with Crippen LogP contribution >= 0.6 is 0 Å². The molecule has 2 aromatic carbocycles. The predicted octanol–water partition coefficient (Wildman–Crippen LogP) is 4.52. The largest absolute Gasteiger partial charge is 0.494 e. The Balaban J connectivity index is 1.96. The number of carbonyl (C=O) groups excluding carboxylic acids is 1. The Bertz CT molecular complexity index is 869. The first-order valence-electron chi connectivity index (χ1n) is 8.99. The second-order valence-electron chi connectivity index (χ2n) is 6.05. The quantitative estimate of drug-likeness (QED) is 0.369. The van der Waals surface area contributed by atoms with Gasteiger partial charge in [-0.15, -0.1) is 0 Å². The summed E-state index contributed by atoms with van der Waals surface area (Å²) in [6.07, 6.45) is 5.35. The molecule has 0 atom stereocenters. The van der Waals surface area contributed by atoms with Crippen molar-refractivity contribution in [2.45, 2.75) is 26.7 Å². The van der Waals surface area contributed by atoms with Crippen LogP contribution < -0.4 is 9.46 Å². The Hall–Kier alpha value is -2.60. The van der Waals surface area contributed by atoms with E-state index in [-0.39, 0.29) is 11.5 Å². The van der Waals surface area contributed by atoms with Gasteiger partial charge in [0.25, 0.3) is 0 Å². The van der Waals surface area contributed by atoms with E-state index in [9.17, 15) is 13.2 Å². The lowest BCUT2D eigenvalue weighted by Crippen LogP contribution is -2.14. The molecule has 6 heteroatoms. The SMILES string of the molecule is CCCCOc1ccc(/C=C/C(=O)c2ccc(NS(=O)(=O)CC)cc2)cc1. The second kappa shape index (κ2) is 9.92. The highest BCUT2D eigenvalue weighted by molar-refractivity contribution is 7.92. The first-order valence-corrected chi connectivity index (χ1v) is 10.6. The van der Waals surface area contributed by atoms with Crippen LogP contribution in [0.2, 0.25) is 0 Å². The lowest BCUT2D eigenvalue weighted by molar-refractivity contribution is 0.104. The summed E-state index contributed by atoms with van der Waals surface area (Å²) in [5.74, 6) is 0.666. The van der Waals surface area contributed by atoms with E-state index in [2.05, 4.69) is 11.6 Å². The molecule has 0 heterocycles. The summed E-state index contributed by atoms with van der Waals surface area (Å²) in [6, 6.07) is 13.9. The van der Waals surface area contributed by atoms with Crippen molar-refractivity contribution in [3.05, 3.63) is 65.7 Å². The third-order valence-electron chi connectivity index (χ3n) is 3.90. The fourth-order valence-electron chi connectivity index (χ4n) is 2.23. The monoisotopic (exact) mass is 387 g/mol. The molecular weight excluding hydrogens is 362 g/mol. The fraction of sp³-hybridized carbons (Fsp3) is 0.286. The summed E-state index contributed by atoms with van der Waals surface area (Å²) in [4.78, 5) is 12.3. The lowest BCUT2D eigenvalue weighted by atomic mass is 10.1. The Morgan fingerprint density at radius 1 is 1.04 bits per heavy atom. The zero-order valence-electron chi connectivity index (χ0n) is 15.6. The van der Waals surface area contributed by atoms with Gasteiger partial charge in [-0.3, -0.25) is 9.52 Å². The Morgan fingerprint density at radius 2 is 1.70 bits per heavy atom. The van der Waals surface area contributed by atoms with Gasteiger partial charge in [0.2, 0.25) is 10.0 Å². The van der Waals surface area contributed by atoms with Gasteiger partial charge >= 0.3 is 0 Å². The van der Waals surface area contributed by atoms with Crippen molar-refractivity contribution in [1.82, 2.24) is 0 Å². The van der Waals surface area contributed by atoms with E-state index in [0.717, 1.165) is 24.2 Å². The van der Waals surface area contributed by atoms with E-state index in [0.29, 0.717) is 17.9 Å². The van der Waals surface area contributed by atoms with E-state index >= 15 is 0 Å². The van der Waals surface area contributed by atoms with Gasteiger partial charge in [0.15, 0.2) is 5.78 Å². The first kappa shape index (κ1) is 20.7. The molecule has 2 rings (SSSR count). The predicted molar refractivity (Wildman–Crippen MR) is 110 cm³/mol. The van der Waals surface area contributed by atoms with Crippen molar-refractivity contribution in [1.29, 1.82) is 0 Å². The average Bonchev–Trinajstić information content (AvgIpc) is 2.67. The number of hydrogen-bond donors (Lipinski definition) is 1. The summed E-state index contributed by atoms with van der Waals surface area (Å²) in [6.45, 7) is 4.38. The molecule has 2 aromatic rings. The van der Waals surface area contributed by atoms with Crippen molar-refractivity contribution in [2.75, 3.05) is 17.1 Å². The number of unbranched alkanes of at least 4 members (excludes halogenated alkanes) is 1. The third-order valence-corrected chi connectivity index (χ3v) is 5.20. The number of anilines is 1. The van der Waals surface area contributed by atoms with E-state index in [1.165, 1.54) is 6.08 Å². The number of nitrogens with one attached hydrogen (secondary N) is 1. The van der Waals surface area contributed by atoms with Crippen LogP contribution in [0.25, 0.3) is 6.08 Å². The summed E-state index contributed by atoms with van der Waals surface area (Å²) in [7, 11) is -3.32. The molecule has 0 amide bonds. The van der Waals surface area contributed by atoms with Gasteiger partial charge in [-0.1, -0.05) is 31.6 Å². The lowest BCUT2D eigenvalue weighted by Gasteiger charge is -2.06. The van der Waals surface area contributed by atoms with Crippen LogP contribution in [0.5, 0.6) is 5.75 Å². The molecular formula is C21H25NO4S. The third kappa shape index (κ3) is 6.90. The maximum absolute atomic E-state index is 12.3. The number of allylic oxidation sites excluding steroid dienone is 1. The highest BCUT2D eigenvalue weighted by atomic mass is 32.2. The average molecular weight is 388 g/mol. The van der Waals surface area contributed by atoms with Crippen LogP contribution in [0.4, 0.5) is 5.69 Å². The molecule has 0 aromatic heterocycles. The number of carbonyl (C=O) groups is 1. The van der Waals surface area contributed by atoms with Gasteiger partial charge in [-0.25, -0.2) is 8.42 Å². The minimum atomic E-state index is -3.32. The highest BCUT2D eigenvalue weighted by Crippen LogP contribution is 2.15. The zero-order chi connectivity index (χ0) is 19.7. The number of ketones is 1. The minimum absolute atomic E-state index is 0.00114. The summed E-state index contributed by atoms with van der Waals surface area (Å²) >= 11 is 0. The van der Waals surface area contributed by atoms with Crippen molar-refractivity contribution in [3.8, 4) is 5.75 Å². The Morgan fingerprint density at radius 3 is 2.30 bits per heavy atom. The van der Waals surface area contributed by atoms with E-state index in [1.54, 1.807) is 37.3 Å². The molecule has 0 aliphatic carbocycles. The maximum Gasteiger partial charge on any atom is 0.232 e. The molecule has 0 unspecified atom stereocenters. The molecule has 0 radical (unpaired) electrons. The van der Waals surface area contributed by atoms with Crippen LogP contribution in [0, 0.1) is 0 Å². The van der Waals surface area contributed by atoms with Gasteiger partial charge in [0, 0.05) is 11.3 Å². The summed E-state index contributed by atoms with van der Waals surface area (Å²) in [5, 5.41) is 0. The molecule has 0 spiro atoms. The Kier molecular flexibility index (Phi) is 7.61. The van der Waals surface area contributed by atoms with Crippen molar-refractivity contribution in [2.24, 2.45) is 0 Å². The van der Waals surface area contributed by atoms with E-state index in [1.807, 2.05) is 24.3 Å². The van der Waals surface area contributed by atoms with Crippen molar-refractivity contribution >= 4 is 27.6 Å². The topological polar surface area (TPSA) is 72.5 Å². The van der Waals surface area contributed by atoms with E-state index < -0.39 is 10.0 Å². The number of hydrogen-bond acceptors (Lipinski definition) is 4. The number of rotatable bonds is 10. The molecule has 0 saturated heterocycles. The van der Waals surface area contributed by atoms with Gasteiger partial charge in [0.05, 0.1) is 12.4 Å². The molecule has 0 saturated carbocycles. The van der Waals surface area contributed by atoms with Gasteiger partial charge < -0.3 is 4.74 Å². The fourth-order valence-corrected chi connectivity index (χ4v) is 2.87. The zero-order valence-corrected chi connectivity index (χ0v) is 16.5. The first-order chi connectivity index (χ1) is 12.9.